The summed E-state index contributed by atoms with van der Waals surface area (Å²) in [5, 5.41) is 2.89. The SMILES string of the molecule is Cc1cc(CNC(=O)CCCc2ccc(F)cc2)ccn1. The van der Waals surface area contributed by atoms with Gasteiger partial charge in [0.25, 0.3) is 0 Å². The minimum absolute atomic E-state index is 0.0339. The fourth-order valence-corrected chi connectivity index (χ4v) is 2.11. The van der Waals surface area contributed by atoms with Gasteiger partial charge in [0.05, 0.1) is 0 Å². The van der Waals surface area contributed by atoms with Gasteiger partial charge in [-0.25, -0.2) is 4.39 Å². The Morgan fingerprint density at radius 2 is 1.95 bits per heavy atom. The van der Waals surface area contributed by atoms with Crippen LogP contribution in [0.3, 0.4) is 0 Å². The van der Waals surface area contributed by atoms with Gasteiger partial charge in [-0.2, -0.15) is 0 Å². The first-order valence-corrected chi connectivity index (χ1v) is 7.06. The van der Waals surface area contributed by atoms with Gasteiger partial charge in [-0.05, 0) is 55.2 Å². The Morgan fingerprint density at radius 1 is 1.19 bits per heavy atom. The van der Waals surface area contributed by atoms with Crippen molar-refractivity contribution < 1.29 is 9.18 Å². The van der Waals surface area contributed by atoms with Crippen molar-refractivity contribution in [2.75, 3.05) is 0 Å². The average Bonchev–Trinajstić information content (AvgIpc) is 2.47. The normalized spacial score (nSPS) is 10.4. The number of amides is 1. The van der Waals surface area contributed by atoms with Crippen molar-refractivity contribution in [1.82, 2.24) is 10.3 Å². The summed E-state index contributed by atoms with van der Waals surface area (Å²) in [6.07, 6.45) is 3.75. The third-order valence-corrected chi connectivity index (χ3v) is 3.23. The number of nitrogens with zero attached hydrogens (tertiary/aromatic N) is 1. The van der Waals surface area contributed by atoms with Crippen LogP contribution in [0.25, 0.3) is 0 Å². The van der Waals surface area contributed by atoms with E-state index in [9.17, 15) is 9.18 Å². The van der Waals surface area contributed by atoms with Crippen LogP contribution in [0.1, 0.15) is 29.7 Å². The van der Waals surface area contributed by atoms with E-state index in [1.54, 1.807) is 18.3 Å². The maximum Gasteiger partial charge on any atom is 0.220 e. The molecule has 0 bridgehead atoms. The molecule has 110 valence electrons. The van der Waals surface area contributed by atoms with Crippen molar-refractivity contribution in [2.45, 2.75) is 32.7 Å². The Labute approximate surface area is 124 Å². The zero-order chi connectivity index (χ0) is 15.1. The molecular formula is C17H19FN2O. The Kier molecular flexibility index (Phi) is 5.43. The molecule has 0 radical (unpaired) electrons. The molecule has 0 saturated carbocycles. The number of hydrogen-bond acceptors (Lipinski definition) is 2. The molecule has 0 aliphatic heterocycles. The van der Waals surface area contributed by atoms with E-state index in [0.29, 0.717) is 13.0 Å². The van der Waals surface area contributed by atoms with Gasteiger partial charge in [-0.3, -0.25) is 9.78 Å². The second-order valence-electron chi connectivity index (χ2n) is 5.06. The van der Waals surface area contributed by atoms with Crippen molar-refractivity contribution in [3.8, 4) is 0 Å². The van der Waals surface area contributed by atoms with Gasteiger partial charge in [-0.1, -0.05) is 12.1 Å². The Hall–Kier alpha value is -2.23. The van der Waals surface area contributed by atoms with Gasteiger partial charge < -0.3 is 5.32 Å². The molecule has 0 aliphatic rings. The average molecular weight is 286 g/mol. The summed E-state index contributed by atoms with van der Waals surface area (Å²) >= 11 is 0. The van der Waals surface area contributed by atoms with E-state index in [0.717, 1.165) is 29.7 Å². The van der Waals surface area contributed by atoms with E-state index >= 15 is 0 Å². The number of pyridine rings is 1. The van der Waals surface area contributed by atoms with Crippen LogP contribution in [0.5, 0.6) is 0 Å². The third kappa shape index (κ3) is 5.34. The summed E-state index contributed by atoms with van der Waals surface area (Å²) in [6, 6.07) is 10.3. The van der Waals surface area contributed by atoms with Crippen LogP contribution in [0.2, 0.25) is 0 Å². The molecule has 1 N–H and O–H groups in total. The molecule has 0 spiro atoms. The van der Waals surface area contributed by atoms with Crippen molar-refractivity contribution in [3.63, 3.8) is 0 Å². The van der Waals surface area contributed by atoms with E-state index < -0.39 is 0 Å². The minimum atomic E-state index is -0.232. The maximum absolute atomic E-state index is 12.8. The molecule has 3 nitrogen and oxygen atoms in total. The highest BCUT2D eigenvalue weighted by molar-refractivity contribution is 5.75. The van der Waals surface area contributed by atoms with Gasteiger partial charge >= 0.3 is 0 Å². The quantitative estimate of drug-likeness (QED) is 0.886. The maximum atomic E-state index is 12.8. The highest BCUT2D eigenvalue weighted by Gasteiger charge is 2.02. The van der Waals surface area contributed by atoms with Crippen molar-refractivity contribution in [1.29, 1.82) is 0 Å². The lowest BCUT2D eigenvalue weighted by atomic mass is 10.1. The Morgan fingerprint density at radius 3 is 2.67 bits per heavy atom. The number of benzene rings is 1. The highest BCUT2D eigenvalue weighted by Crippen LogP contribution is 2.07. The van der Waals surface area contributed by atoms with Gasteiger partial charge in [-0.15, -0.1) is 0 Å². The van der Waals surface area contributed by atoms with Gasteiger partial charge in [0.1, 0.15) is 5.82 Å². The lowest BCUT2D eigenvalue weighted by Crippen LogP contribution is -2.22. The van der Waals surface area contributed by atoms with E-state index in [2.05, 4.69) is 10.3 Å². The van der Waals surface area contributed by atoms with Crippen LogP contribution in [0.4, 0.5) is 4.39 Å². The first-order valence-electron chi connectivity index (χ1n) is 7.06. The third-order valence-electron chi connectivity index (χ3n) is 3.23. The predicted octanol–water partition coefficient (Wildman–Crippen LogP) is 3.17. The number of aromatic nitrogens is 1. The molecule has 21 heavy (non-hydrogen) atoms. The number of halogens is 1. The molecule has 0 unspecified atom stereocenters. The second kappa shape index (κ2) is 7.53. The monoisotopic (exact) mass is 286 g/mol. The van der Waals surface area contributed by atoms with Gasteiger partial charge in [0, 0.05) is 24.9 Å². The summed E-state index contributed by atoms with van der Waals surface area (Å²) < 4.78 is 12.8. The number of nitrogens with one attached hydrogen (secondary N) is 1. The predicted molar refractivity (Wildman–Crippen MR) is 80.2 cm³/mol. The molecule has 2 aromatic rings. The molecule has 1 amide bonds. The number of carbonyl (C=O) groups is 1. The molecule has 1 heterocycles. The number of hydrogen-bond donors (Lipinski definition) is 1. The van der Waals surface area contributed by atoms with E-state index in [1.165, 1.54) is 12.1 Å². The Balaban J connectivity index is 1.69. The molecule has 0 aliphatic carbocycles. The summed E-state index contributed by atoms with van der Waals surface area (Å²) in [7, 11) is 0. The summed E-state index contributed by atoms with van der Waals surface area (Å²) in [5.41, 5.74) is 3.04. The molecule has 1 aromatic carbocycles. The summed E-state index contributed by atoms with van der Waals surface area (Å²) in [4.78, 5) is 15.9. The molecular weight excluding hydrogens is 267 g/mol. The minimum Gasteiger partial charge on any atom is -0.352 e. The number of rotatable bonds is 6. The van der Waals surface area contributed by atoms with Crippen molar-refractivity contribution >= 4 is 5.91 Å². The molecule has 4 heteroatoms. The number of aryl methyl sites for hydroxylation is 2. The van der Waals surface area contributed by atoms with Crippen LogP contribution < -0.4 is 5.32 Å². The Bertz CT molecular complexity index is 596. The zero-order valence-corrected chi connectivity index (χ0v) is 12.1. The standard InChI is InChI=1S/C17H19FN2O/c1-13-11-15(9-10-19-13)12-20-17(21)4-2-3-14-5-7-16(18)8-6-14/h5-11H,2-4,12H2,1H3,(H,20,21). The molecule has 0 fully saturated rings. The van der Waals surface area contributed by atoms with Crippen LogP contribution in [-0.2, 0) is 17.8 Å². The van der Waals surface area contributed by atoms with Crippen LogP contribution in [0.15, 0.2) is 42.6 Å². The highest BCUT2D eigenvalue weighted by atomic mass is 19.1. The van der Waals surface area contributed by atoms with Crippen LogP contribution >= 0.6 is 0 Å². The fraction of sp³-hybridized carbons (Fsp3) is 0.294. The lowest BCUT2D eigenvalue weighted by Gasteiger charge is -2.06. The summed E-state index contributed by atoms with van der Waals surface area (Å²) in [6.45, 7) is 2.45. The fourth-order valence-electron chi connectivity index (χ4n) is 2.11. The van der Waals surface area contributed by atoms with Crippen molar-refractivity contribution in [2.24, 2.45) is 0 Å². The van der Waals surface area contributed by atoms with Crippen LogP contribution in [0, 0.1) is 12.7 Å². The largest absolute Gasteiger partial charge is 0.352 e. The first kappa shape index (κ1) is 15.2. The summed E-state index contributed by atoms with van der Waals surface area (Å²) in [5.74, 6) is -0.198. The smallest absolute Gasteiger partial charge is 0.220 e. The molecule has 2 rings (SSSR count). The molecule has 0 saturated heterocycles. The number of carbonyl (C=O) groups excluding carboxylic acids is 1. The van der Waals surface area contributed by atoms with E-state index in [-0.39, 0.29) is 11.7 Å². The zero-order valence-electron chi connectivity index (χ0n) is 12.1. The topological polar surface area (TPSA) is 42.0 Å². The van der Waals surface area contributed by atoms with E-state index in [4.69, 9.17) is 0 Å². The molecule has 0 atom stereocenters. The lowest BCUT2D eigenvalue weighted by molar-refractivity contribution is -0.121. The van der Waals surface area contributed by atoms with Gasteiger partial charge in [0.2, 0.25) is 5.91 Å². The van der Waals surface area contributed by atoms with E-state index in [1.807, 2.05) is 19.1 Å². The van der Waals surface area contributed by atoms with Crippen molar-refractivity contribution in [3.05, 3.63) is 65.2 Å². The van der Waals surface area contributed by atoms with Gasteiger partial charge in [0.15, 0.2) is 0 Å². The second-order valence-corrected chi connectivity index (χ2v) is 5.06. The molecule has 1 aromatic heterocycles. The van der Waals surface area contributed by atoms with Crippen LogP contribution in [-0.4, -0.2) is 10.9 Å². The first-order chi connectivity index (χ1) is 10.1.